The Morgan fingerprint density at radius 2 is 1.63 bits per heavy atom. The Kier molecular flexibility index (Phi) is 7.83. The van der Waals surface area contributed by atoms with Crippen LogP contribution >= 0.6 is 0 Å². The third-order valence-corrected chi connectivity index (χ3v) is 9.28. The summed E-state index contributed by atoms with van der Waals surface area (Å²) in [5.41, 5.74) is 4.13. The van der Waals surface area contributed by atoms with Gasteiger partial charge < -0.3 is 14.8 Å². The van der Waals surface area contributed by atoms with Crippen LogP contribution in [0.5, 0.6) is 0 Å². The number of nitrogens with zero attached hydrogens (tertiary/aromatic N) is 3. The van der Waals surface area contributed by atoms with Crippen LogP contribution in [0.25, 0.3) is 10.9 Å². The van der Waals surface area contributed by atoms with Gasteiger partial charge in [0.25, 0.3) is 0 Å². The van der Waals surface area contributed by atoms with Crippen LogP contribution in [0.3, 0.4) is 0 Å². The summed E-state index contributed by atoms with van der Waals surface area (Å²) in [6.07, 6.45) is 10.6. The Labute approximate surface area is 212 Å². The number of carbonyl (C=O) groups is 1. The molecule has 1 saturated carbocycles. The maximum Gasteiger partial charge on any atom is 0.217 e. The SMILES string of the molecule is CC(=O)NCc1c(CN2CCCC2)c2ccccc2n1C1CCN(C2CCC(C(C)C)CC2)CC1. The molecule has 1 aliphatic carbocycles. The Morgan fingerprint density at radius 3 is 2.29 bits per heavy atom. The Hall–Kier alpha value is -1.85. The van der Waals surface area contributed by atoms with Crippen molar-refractivity contribution in [1.29, 1.82) is 0 Å². The van der Waals surface area contributed by atoms with Gasteiger partial charge in [0.2, 0.25) is 5.91 Å². The highest BCUT2D eigenvalue weighted by Gasteiger charge is 2.32. The van der Waals surface area contributed by atoms with Crippen LogP contribution in [0, 0.1) is 11.8 Å². The average Bonchev–Trinajstić information content (AvgIpc) is 3.49. The molecule has 5 nitrogen and oxygen atoms in total. The lowest BCUT2D eigenvalue weighted by Crippen LogP contribution is -2.44. The van der Waals surface area contributed by atoms with Gasteiger partial charge >= 0.3 is 0 Å². The number of fused-ring (bicyclic) bond motifs is 1. The first-order chi connectivity index (χ1) is 17.0. The van der Waals surface area contributed by atoms with E-state index in [1.54, 1.807) is 6.92 Å². The predicted molar refractivity (Wildman–Crippen MR) is 144 cm³/mol. The zero-order valence-electron chi connectivity index (χ0n) is 22.3. The zero-order chi connectivity index (χ0) is 24.4. The number of hydrogen-bond acceptors (Lipinski definition) is 3. The van der Waals surface area contributed by atoms with Gasteiger partial charge in [-0.3, -0.25) is 9.69 Å². The monoisotopic (exact) mass is 478 g/mol. The minimum absolute atomic E-state index is 0.0562. The number of amides is 1. The van der Waals surface area contributed by atoms with E-state index in [9.17, 15) is 4.79 Å². The molecule has 1 amide bonds. The fourth-order valence-corrected chi connectivity index (χ4v) is 7.19. The lowest BCUT2D eigenvalue weighted by molar-refractivity contribution is -0.119. The van der Waals surface area contributed by atoms with Crippen molar-refractivity contribution in [3.63, 3.8) is 0 Å². The largest absolute Gasteiger partial charge is 0.351 e. The highest BCUT2D eigenvalue weighted by molar-refractivity contribution is 5.86. The van der Waals surface area contributed by atoms with E-state index < -0.39 is 0 Å². The topological polar surface area (TPSA) is 40.5 Å². The lowest BCUT2D eigenvalue weighted by Gasteiger charge is -2.42. The number of hydrogen-bond donors (Lipinski definition) is 1. The number of carbonyl (C=O) groups excluding carboxylic acids is 1. The van der Waals surface area contributed by atoms with Gasteiger partial charge in [0.15, 0.2) is 0 Å². The molecule has 0 radical (unpaired) electrons. The quantitative estimate of drug-likeness (QED) is 0.553. The molecule has 2 aromatic rings. The van der Waals surface area contributed by atoms with E-state index in [4.69, 9.17) is 0 Å². The van der Waals surface area contributed by atoms with Crippen molar-refractivity contribution < 1.29 is 4.79 Å². The molecule has 2 saturated heterocycles. The van der Waals surface area contributed by atoms with Crippen LogP contribution in [0.2, 0.25) is 0 Å². The van der Waals surface area contributed by atoms with Crippen LogP contribution in [-0.4, -0.2) is 52.5 Å². The van der Waals surface area contributed by atoms with Crippen LogP contribution in [0.4, 0.5) is 0 Å². The van der Waals surface area contributed by atoms with E-state index >= 15 is 0 Å². The number of likely N-dealkylation sites (tertiary alicyclic amines) is 2. The fourth-order valence-electron chi connectivity index (χ4n) is 7.19. The van der Waals surface area contributed by atoms with Gasteiger partial charge in [-0.15, -0.1) is 0 Å². The van der Waals surface area contributed by atoms with Crippen molar-refractivity contribution >= 4 is 16.8 Å². The molecule has 35 heavy (non-hydrogen) atoms. The van der Waals surface area contributed by atoms with Crippen LogP contribution in [0.15, 0.2) is 24.3 Å². The van der Waals surface area contributed by atoms with Crippen molar-refractivity contribution in [1.82, 2.24) is 19.7 Å². The molecular weight excluding hydrogens is 432 g/mol. The number of benzene rings is 1. The van der Waals surface area contributed by atoms with Crippen molar-refractivity contribution in [2.45, 2.75) is 97.3 Å². The molecule has 1 aromatic heterocycles. The molecule has 0 bridgehead atoms. The van der Waals surface area contributed by atoms with Gasteiger partial charge in [0, 0.05) is 55.2 Å². The molecule has 1 aromatic carbocycles. The van der Waals surface area contributed by atoms with Gasteiger partial charge in [0.1, 0.15) is 0 Å². The zero-order valence-corrected chi connectivity index (χ0v) is 22.3. The molecule has 192 valence electrons. The smallest absolute Gasteiger partial charge is 0.217 e. The second kappa shape index (κ2) is 11.0. The fraction of sp³-hybridized carbons (Fsp3) is 0.700. The summed E-state index contributed by atoms with van der Waals surface area (Å²) in [6, 6.07) is 10.3. The van der Waals surface area contributed by atoms with E-state index in [0.29, 0.717) is 12.6 Å². The van der Waals surface area contributed by atoms with E-state index in [1.165, 1.54) is 99.7 Å². The lowest BCUT2D eigenvalue weighted by atomic mass is 9.79. The molecule has 1 N–H and O–H groups in total. The van der Waals surface area contributed by atoms with Gasteiger partial charge in [-0.1, -0.05) is 32.0 Å². The first kappa shape index (κ1) is 24.8. The summed E-state index contributed by atoms with van der Waals surface area (Å²) in [5, 5.41) is 4.54. The first-order valence-electron chi connectivity index (χ1n) is 14.3. The highest BCUT2D eigenvalue weighted by Crippen LogP contribution is 2.38. The summed E-state index contributed by atoms with van der Waals surface area (Å²) >= 11 is 0. The molecule has 3 heterocycles. The third-order valence-electron chi connectivity index (χ3n) is 9.28. The number of para-hydroxylation sites is 1. The molecule has 0 spiro atoms. The Morgan fingerprint density at radius 1 is 0.943 bits per heavy atom. The molecule has 5 heteroatoms. The molecule has 3 aliphatic rings. The van der Waals surface area contributed by atoms with Crippen LogP contribution < -0.4 is 5.32 Å². The molecule has 0 atom stereocenters. The molecule has 3 fully saturated rings. The van der Waals surface area contributed by atoms with Crippen molar-refractivity contribution in [2.24, 2.45) is 11.8 Å². The summed E-state index contributed by atoms with van der Waals surface area (Å²) < 4.78 is 2.63. The van der Waals surface area contributed by atoms with Crippen LogP contribution in [-0.2, 0) is 17.9 Å². The van der Waals surface area contributed by atoms with Gasteiger partial charge in [0.05, 0.1) is 6.54 Å². The second-order valence-electron chi connectivity index (χ2n) is 11.8. The molecule has 2 aliphatic heterocycles. The maximum absolute atomic E-state index is 11.9. The molecular formula is C30H46N4O. The maximum atomic E-state index is 11.9. The van der Waals surface area contributed by atoms with Gasteiger partial charge in [-0.2, -0.15) is 0 Å². The molecule has 5 rings (SSSR count). The van der Waals surface area contributed by atoms with Gasteiger partial charge in [-0.25, -0.2) is 0 Å². The van der Waals surface area contributed by atoms with E-state index in [0.717, 1.165) is 24.4 Å². The standard InChI is InChI=1S/C30H46N4O/c1-22(2)24-10-12-25(13-11-24)33-18-14-26(15-19-33)34-29-9-5-4-8-27(29)28(21-32-16-6-7-17-32)30(34)20-31-23(3)35/h4-5,8-9,22,24-26H,6-7,10-21H2,1-3H3,(H,31,35). The van der Waals surface area contributed by atoms with Gasteiger partial charge in [-0.05, 0) is 87.9 Å². The molecule has 0 unspecified atom stereocenters. The second-order valence-corrected chi connectivity index (χ2v) is 11.8. The number of nitrogens with one attached hydrogen (secondary N) is 1. The predicted octanol–water partition coefficient (Wildman–Crippen LogP) is 5.72. The first-order valence-corrected chi connectivity index (χ1v) is 14.3. The Bertz CT molecular complexity index is 989. The number of piperidine rings is 1. The Balaban J connectivity index is 1.36. The average molecular weight is 479 g/mol. The minimum Gasteiger partial charge on any atom is -0.351 e. The van der Waals surface area contributed by atoms with Crippen molar-refractivity contribution in [3.8, 4) is 0 Å². The summed E-state index contributed by atoms with van der Waals surface area (Å²) in [6.45, 7) is 12.9. The van der Waals surface area contributed by atoms with Crippen molar-refractivity contribution in [3.05, 3.63) is 35.5 Å². The van der Waals surface area contributed by atoms with Crippen molar-refractivity contribution in [2.75, 3.05) is 26.2 Å². The summed E-state index contributed by atoms with van der Waals surface area (Å²) in [4.78, 5) is 17.3. The number of rotatable bonds is 7. The number of aromatic nitrogens is 1. The minimum atomic E-state index is 0.0562. The highest BCUT2D eigenvalue weighted by atomic mass is 16.1. The summed E-state index contributed by atoms with van der Waals surface area (Å²) in [5.74, 6) is 1.82. The van der Waals surface area contributed by atoms with E-state index in [-0.39, 0.29) is 5.91 Å². The summed E-state index contributed by atoms with van der Waals surface area (Å²) in [7, 11) is 0. The third kappa shape index (κ3) is 5.46. The van der Waals surface area contributed by atoms with E-state index in [2.05, 4.69) is 57.8 Å². The normalized spacial score (nSPS) is 25.0. The van der Waals surface area contributed by atoms with E-state index in [1.807, 2.05) is 0 Å². The van der Waals surface area contributed by atoms with Crippen LogP contribution in [0.1, 0.15) is 89.4 Å².